The van der Waals surface area contributed by atoms with Crippen LogP contribution < -0.4 is 32.5 Å². The first-order valence-electron chi connectivity index (χ1n) is 15.3. The Labute approximate surface area is 271 Å². The van der Waals surface area contributed by atoms with Crippen molar-refractivity contribution in [3.63, 3.8) is 0 Å². The number of nitrogens with one attached hydrogen (secondary N) is 3. The lowest BCUT2D eigenvalue weighted by Crippen LogP contribution is -2.59. The molecule has 0 radical (unpaired) electrons. The number of nitrogens with two attached hydrogens (primary N) is 2. The zero-order chi connectivity index (χ0) is 33.5. The van der Waals surface area contributed by atoms with E-state index in [1.807, 2.05) is 55.4 Å². The molecule has 0 aliphatic carbocycles. The van der Waals surface area contributed by atoms with E-state index >= 15 is 0 Å². The van der Waals surface area contributed by atoms with Crippen LogP contribution in [0.1, 0.15) is 11.1 Å². The van der Waals surface area contributed by atoms with E-state index in [2.05, 4.69) is 27.4 Å². The number of hydrazine groups is 1. The number of aldehydes is 1. The second kappa shape index (κ2) is 18.5. The molecule has 0 bridgehead atoms. The van der Waals surface area contributed by atoms with Gasteiger partial charge in [0.05, 0.1) is 24.5 Å². The van der Waals surface area contributed by atoms with Gasteiger partial charge in [-0.2, -0.15) is 0 Å². The lowest BCUT2D eigenvalue weighted by Gasteiger charge is -2.35. The molecule has 1 aliphatic heterocycles. The Morgan fingerprint density at radius 3 is 2.46 bits per heavy atom. The molecule has 0 saturated carbocycles. The van der Waals surface area contributed by atoms with Crippen molar-refractivity contribution < 1.29 is 19.2 Å². The van der Waals surface area contributed by atoms with Crippen LogP contribution in [0.2, 0.25) is 0 Å². The summed E-state index contributed by atoms with van der Waals surface area (Å²) in [7, 11) is 3.84. The number of hydrogen-bond donors (Lipinski definition) is 5. The highest BCUT2D eigenvalue weighted by Crippen LogP contribution is 2.27. The maximum absolute atomic E-state index is 13.2. The molecule has 46 heavy (non-hydrogen) atoms. The second-order valence-corrected chi connectivity index (χ2v) is 11.3. The minimum atomic E-state index is -0.860. The van der Waals surface area contributed by atoms with Crippen LogP contribution in [-0.4, -0.2) is 123 Å². The molecule has 0 spiro atoms. The van der Waals surface area contributed by atoms with Crippen molar-refractivity contribution in [2.24, 2.45) is 5.84 Å². The van der Waals surface area contributed by atoms with Gasteiger partial charge >= 0.3 is 6.03 Å². The number of rotatable bonds is 17. The van der Waals surface area contributed by atoms with E-state index < -0.39 is 12.2 Å². The van der Waals surface area contributed by atoms with Gasteiger partial charge in [-0.25, -0.2) is 10.6 Å². The number of benzene rings is 2. The van der Waals surface area contributed by atoms with Gasteiger partial charge in [-0.05, 0) is 31.3 Å². The van der Waals surface area contributed by atoms with Crippen molar-refractivity contribution in [1.82, 2.24) is 35.6 Å². The number of anilines is 2. The summed E-state index contributed by atoms with van der Waals surface area (Å²) >= 11 is 0. The Bertz CT molecular complexity index is 1300. The third-order valence-corrected chi connectivity index (χ3v) is 7.65. The van der Waals surface area contributed by atoms with E-state index in [0.717, 1.165) is 24.2 Å². The monoisotopic (exact) mass is 636 g/mol. The molecule has 0 unspecified atom stereocenters. The molecule has 1 heterocycles. The zero-order valence-electron chi connectivity index (χ0n) is 26.9. The maximum atomic E-state index is 13.2. The van der Waals surface area contributed by atoms with Crippen LogP contribution in [0.3, 0.4) is 0 Å². The molecule has 1 aliphatic rings. The minimum Gasteiger partial charge on any atom is -0.397 e. The molecule has 1 saturated heterocycles. The molecule has 0 aromatic heterocycles. The summed E-state index contributed by atoms with van der Waals surface area (Å²) in [5.41, 5.74) is 8.97. The molecule has 14 nitrogen and oxygen atoms in total. The van der Waals surface area contributed by atoms with E-state index in [1.165, 1.54) is 9.91 Å². The van der Waals surface area contributed by atoms with E-state index in [4.69, 9.17) is 11.6 Å². The molecule has 1 atom stereocenters. The quantitative estimate of drug-likeness (QED) is 0.0297. The van der Waals surface area contributed by atoms with Crippen LogP contribution >= 0.6 is 0 Å². The van der Waals surface area contributed by atoms with Gasteiger partial charge in [0.1, 0.15) is 19.0 Å². The van der Waals surface area contributed by atoms with Crippen molar-refractivity contribution in [3.8, 4) is 0 Å². The summed E-state index contributed by atoms with van der Waals surface area (Å²) in [5, 5.41) is 10.0. The van der Waals surface area contributed by atoms with Crippen LogP contribution in [0.15, 0.2) is 61.2 Å². The Kier molecular flexibility index (Phi) is 14.4. The SMILES string of the molecule is C=CCNCC(=O)N(CC=O)[C@H](CN(C)Cc1cccc(N)c1N(N)CC(=O)N1CCN(C)CC1)NC(=O)NCc1ccccc1. The number of urea groups is 1. The van der Waals surface area contributed by atoms with Gasteiger partial charge in [-0.3, -0.25) is 19.5 Å². The van der Waals surface area contributed by atoms with E-state index in [1.54, 1.807) is 23.1 Å². The first-order chi connectivity index (χ1) is 22.1. The van der Waals surface area contributed by atoms with Gasteiger partial charge in [-0.1, -0.05) is 48.5 Å². The Morgan fingerprint density at radius 2 is 1.78 bits per heavy atom. The van der Waals surface area contributed by atoms with Crippen molar-refractivity contribution in [3.05, 3.63) is 72.3 Å². The lowest BCUT2D eigenvalue weighted by atomic mass is 10.1. The molecule has 2 aromatic carbocycles. The summed E-state index contributed by atoms with van der Waals surface area (Å²) in [6.07, 6.45) is 1.39. The Hall–Kier alpha value is -4.50. The van der Waals surface area contributed by atoms with Gasteiger partial charge in [0, 0.05) is 52.4 Å². The van der Waals surface area contributed by atoms with Crippen molar-refractivity contribution >= 4 is 35.5 Å². The van der Waals surface area contributed by atoms with Crippen molar-refractivity contribution in [2.45, 2.75) is 19.3 Å². The van der Waals surface area contributed by atoms with Gasteiger partial charge in [0.25, 0.3) is 0 Å². The molecule has 3 rings (SSSR count). The van der Waals surface area contributed by atoms with Crippen LogP contribution in [-0.2, 0) is 27.5 Å². The molecule has 4 amide bonds. The average Bonchev–Trinajstić information content (AvgIpc) is 3.03. The standard InChI is InChI=1S/C32H48N10O4/c1-4-13-35-21-29(44)41(18-19-43)28(37-32(46)36-20-25-9-6-5-7-10-25)23-39(3)22-26-11-8-12-27(33)31(26)42(34)24-30(45)40-16-14-38(2)15-17-40/h4-12,19,28,35H,1,13-18,20-24,33-34H2,2-3H3,(H2,36,37,46)/t28-/m1/s1. The van der Waals surface area contributed by atoms with E-state index in [-0.39, 0.29) is 44.5 Å². The fourth-order valence-electron chi connectivity index (χ4n) is 5.19. The summed E-state index contributed by atoms with van der Waals surface area (Å²) in [6.45, 7) is 7.37. The fraction of sp³-hybridized carbons (Fsp3) is 0.438. The van der Waals surface area contributed by atoms with Gasteiger partial charge in [0.15, 0.2) is 0 Å². The predicted octanol–water partition coefficient (Wildman–Crippen LogP) is -0.217. The Balaban J connectivity index is 1.75. The molecular weight excluding hydrogens is 588 g/mol. The average molecular weight is 637 g/mol. The number of amides is 4. The largest absolute Gasteiger partial charge is 0.397 e. The molecule has 14 heteroatoms. The summed E-state index contributed by atoms with van der Waals surface area (Å²) < 4.78 is 0. The summed E-state index contributed by atoms with van der Waals surface area (Å²) in [4.78, 5) is 58.1. The Morgan fingerprint density at radius 1 is 1.07 bits per heavy atom. The third kappa shape index (κ3) is 11.1. The number of nitrogen functional groups attached to an aromatic ring is 1. The first-order valence-corrected chi connectivity index (χ1v) is 15.3. The number of likely N-dealkylation sites (N-methyl/N-ethyl adjacent to an activating group) is 2. The van der Waals surface area contributed by atoms with Crippen LogP contribution in [0.4, 0.5) is 16.2 Å². The van der Waals surface area contributed by atoms with Gasteiger partial charge in [-0.15, -0.1) is 6.58 Å². The lowest BCUT2D eigenvalue weighted by molar-refractivity contribution is -0.135. The fourth-order valence-corrected chi connectivity index (χ4v) is 5.19. The number of nitrogens with zero attached hydrogens (tertiary/aromatic N) is 5. The highest BCUT2D eigenvalue weighted by molar-refractivity contribution is 5.84. The summed E-state index contributed by atoms with van der Waals surface area (Å²) in [5.74, 6) is 6.00. The molecule has 1 fully saturated rings. The molecule has 250 valence electrons. The molecule has 2 aromatic rings. The van der Waals surface area contributed by atoms with Gasteiger partial charge < -0.3 is 41.2 Å². The highest BCUT2D eigenvalue weighted by atomic mass is 16.2. The normalized spacial score (nSPS) is 14.0. The number of carbonyl (C=O) groups is 4. The first kappa shape index (κ1) is 36.0. The minimum absolute atomic E-state index is 0.0419. The number of para-hydroxylation sites is 1. The number of carbonyl (C=O) groups excluding carboxylic acids is 4. The number of hydrogen-bond acceptors (Lipinski definition) is 10. The van der Waals surface area contributed by atoms with Crippen molar-refractivity contribution in [1.29, 1.82) is 0 Å². The van der Waals surface area contributed by atoms with Crippen LogP contribution in [0, 0.1) is 0 Å². The third-order valence-electron chi connectivity index (χ3n) is 7.65. The highest BCUT2D eigenvalue weighted by Gasteiger charge is 2.27. The smallest absolute Gasteiger partial charge is 0.316 e. The number of piperazine rings is 1. The van der Waals surface area contributed by atoms with Crippen LogP contribution in [0.25, 0.3) is 0 Å². The zero-order valence-corrected chi connectivity index (χ0v) is 26.9. The van der Waals surface area contributed by atoms with E-state index in [9.17, 15) is 19.2 Å². The molecule has 7 N–H and O–H groups in total. The van der Waals surface area contributed by atoms with Crippen LogP contribution in [0.5, 0.6) is 0 Å². The predicted molar refractivity (Wildman–Crippen MR) is 179 cm³/mol. The topological polar surface area (TPSA) is 173 Å². The van der Waals surface area contributed by atoms with Gasteiger partial charge in [0.2, 0.25) is 11.8 Å². The van der Waals surface area contributed by atoms with Crippen molar-refractivity contribution in [2.75, 3.05) is 83.7 Å². The maximum Gasteiger partial charge on any atom is 0.316 e. The summed E-state index contributed by atoms with van der Waals surface area (Å²) in [6, 6.07) is 14.3. The molecular formula is C32H48N10O4. The van der Waals surface area contributed by atoms with E-state index in [0.29, 0.717) is 43.8 Å². The second-order valence-electron chi connectivity index (χ2n) is 11.3.